The van der Waals surface area contributed by atoms with Crippen molar-refractivity contribution in [3.05, 3.63) is 326 Å². The van der Waals surface area contributed by atoms with E-state index < -0.39 is 46.8 Å². The first kappa shape index (κ1) is 84.1. The highest BCUT2D eigenvalue weighted by Gasteiger charge is 2.31. The van der Waals surface area contributed by atoms with Crippen molar-refractivity contribution in [2.24, 2.45) is 0 Å². The fourth-order valence-electron chi connectivity index (χ4n) is 13.4. The molecular weight excluding hydrogens is 1670 g/mol. The lowest BCUT2D eigenvalue weighted by molar-refractivity contribution is -0.113. The Labute approximate surface area is 718 Å². The van der Waals surface area contributed by atoms with Crippen LogP contribution < -0.4 is 30.7 Å². The summed E-state index contributed by atoms with van der Waals surface area (Å²) in [5.74, 6) is -4.27. The molecule has 0 spiro atoms. The van der Waals surface area contributed by atoms with E-state index in [9.17, 15) is 38.4 Å². The second kappa shape index (κ2) is 37.6. The predicted octanol–water partition coefficient (Wildman–Crippen LogP) is 21.9. The predicted molar refractivity (Wildman–Crippen MR) is 476 cm³/mol. The molecule has 20 nitrogen and oxygen atoms in total. The van der Waals surface area contributed by atoms with Crippen molar-refractivity contribution in [1.29, 1.82) is 0 Å². The first-order chi connectivity index (χ1) is 56.8. The van der Waals surface area contributed by atoms with E-state index in [4.69, 9.17) is 67.5 Å². The van der Waals surface area contributed by atoms with Gasteiger partial charge in [0.15, 0.2) is 0 Å². The third-order valence-corrected chi connectivity index (χ3v) is 24.3. The van der Waals surface area contributed by atoms with Crippen LogP contribution in [0.3, 0.4) is 0 Å². The number of hydrogen-bond donors (Lipinski definition) is 4. The SMILES string of the molecule is COc1cc(NC(=O)C(=O)c2c(C)n(Cc3ccc(Cl)cc3)c3ccsc23)ccn1.COc1cc(NC(=O)C(=O)c2c(C)n(Cc3ccc(Cl)cc3)c3sccc23)ccn1.Cc1c(C(=O)C(=O)Nc2ccccc2)c2cc(Cl)sc2n1Cc1ccc(Cl)cc1.Cc1cccc(NC(=O)C(=O)c2c(C)n(Cc3ccc(Cl)cc3)c3ccsc23)c1. The number of Topliss-reactive ketones (excluding diaryl/α,β-unsaturated/α-hetero) is 4. The molecular formula is C89H71Cl5N10O10S4. The van der Waals surface area contributed by atoms with Crippen LogP contribution in [0.5, 0.6) is 11.8 Å². The molecule has 0 unspecified atom stereocenters. The first-order valence-corrected chi connectivity index (χ1v) is 41.7. The summed E-state index contributed by atoms with van der Waals surface area (Å²) in [7, 11) is 2.97. The number of halogens is 5. The van der Waals surface area contributed by atoms with E-state index >= 15 is 0 Å². The van der Waals surface area contributed by atoms with Crippen LogP contribution in [0.1, 0.15) is 92.0 Å². The minimum atomic E-state index is -0.705. The molecule has 0 radical (unpaired) electrons. The van der Waals surface area contributed by atoms with E-state index in [2.05, 4.69) is 40.4 Å². The van der Waals surface area contributed by atoms with Gasteiger partial charge in [-0.05, 0) is 188 Å². The smallest absolute Gasteiger partial charge is 0.296 e. The van der Waals surface area contributed by atoms with Crippen LogP contribution in [0.4, 0.5) is 22.7 Å². The maximum absolute atomic E-state index is 13.1. The molecule has 29 heteroatoms. The number of aryl methyl sites for hydroxylation is 1. The fraction of sp³-hybridized carbons (Fsp3) is 0.124. The van der Waals surface area contributed by atoms with Gasteiger partial charge >= 0.3 is 0 Å². The van der Waals surface area contributed by atoms with Gasteiger partial charge in [-0.3, -0.25) is 38.4 Å². The second-order valence-corrected chi connectivity index (χ2v) is 33.0. The summed E-state index contributed by atoms with van der Waals surface area (Å²) in [4.78, 5) is 113. The number of thiophene rings is 4. The van der Waals surface area contributed by atoms with Crippen LogP contribution in [0.15, 0.2) is 229 Å². The molecule has 0 aliphatic heterocycles. The third-order valence-electron chi connectivity index (χ3n) is 19.2. The number of amides is 4. The molecule has 4 N–H and O–H groups in total. The van der Waals surface area contributed by atoms with E-state index in [1.807, 2.05) is 199 Å². The van der Waals surface area contributed by atoms with Gasteiger partial charge in [0.25, 0.3) is 46.8 Å². The van der Waals surface area contributed by atoms with Gasteiger partial charge in [-0.25, -0.2) is 9.97 Å². The quantitative estimate of drug-likeness (QED) is 0.0365. The van der Waals surface area contributed by atoms with Crippen molar-refractivity contribution < 1.29 is 47.8 Å². The van der Waals surface area contributed by atoms with E-state index in [0.717, 1.165) is 86.1 Å². The number of pyridine rings is 2. The number of rotatable bonds is 22. The lowest BCUT2D eigenvalue weighted by Gasteiger charge is -2.09. The van der Waals surface area contributed by atoms with Crippen molar-refractivity contribution in [3.63, 3.8) is 0 Å². The van der Waals surface area contributed by atoms with Crippen LogP contribution in [-0.2, 0) is 45.4 Å². The number of para-hydroxylation sites is 1. The van der Waals surface area contributed by atoms with Gasteiger partial charge < -0.3 is 49.0 Å². The number of hydrogen-bond acceptors (Lipinski definition) is 16. The van der Waals surface area contributed by atoms with Crippen molar-refractivity contribution >= 4 is 214 Å². The fourth-order valence-corrected chi connectivity index (χ4v) is 18.1. The Morgan fingerprint density at radius 3 is 1.13 bits per heavy atom. The maximum Gasteiger partial charge on any atom is 0.296 e. The summed E-state index contributed by atoms with van der Waals surface area (Å²) in [5, 5.41) is 20.6. The van der Waals surface area contributed by atoms with Crippen molar-refractivity contribution in [1.82, 2.24) is 28.2 Å². The highest BCUT2D eigenvalue weighted by Crippen LogP contribution is 2.39. The minimum absolute atomic E-state index is 0.353. The zero-order chi connectivity index (χ0) is 83.6. The number of methoxy groups -OCH3 is 2. The third kappa shape index (κ3) is 19.2. The molecule has 118 heavy (non-hydrogen) atoms. The number of benzene rings is 6. The Morgan fingerprint density at radius 1 is 0.356 bits per heavy atom. The van der Waals surface area contributed by atoms with E-state index in [-0.39, 0.29) is 0 Å². The van der Waals surface area contributed by atoms with E-state index in [1.54, 1.807) is 60.7 Å². The standard InChI is InChI=1S/C23H19ClN2O2S.C22H16Cl2N2O2S.2C22H18ClN3O3S/c1-14-4-3-5-18(12-14)25-23(28)21(27)20-15(2)26(19-10-11-29-22(19)20)13-16-6-8-17(24)9-7-16;1-13-19(20(27)21(28)25-16-5-3-2-4-6-16)17-11-18(24)29-22(17)26(13)12-14-7-9-15(23)10-8-14;1-13-19(20(27)22(28)25-16-7-9-24-18(11-16)29-2)21-17(8-10-30-21)26(13)12-14-3-5-15(23)6-4-14;1-13-19(20(27)21(28)25-16-7-9-24-18(11-16)29-2)17-8-10-30-22(17)26(13)12-14-3-5-15(23)6-4-14/h3-12H,13H2,1-2H3,(H,25,28);2-11H,12H2,1H3,(H,25,28);2*3-11H,12H2,1-2H3,(H,24,25,28). The van der Waals surface area contributed by atoms with Gasteiger partial charge in [0.1, 0.15) is 9.66 Å². The molecule has 4 amide bonds. The number of ketones is 4. The summed E-state index contributed by atoms with van der Waals surface area (Å²) >= 11 is 36.0. The molecule has 0 saturated carbocycles. The number of carbonyl (C=O) groups excluding carboxylic acids is 8. The summed E-state index contributed by atoms with van der Waals surface area (Å²) < 4.78 is 20.5. The van der Waals surface area contributed by atoms with Gasteiger partial charge in [-0.2, -0.15) is 0 Å². The lowest BCUT2D eigenvalue weighted by Crippen LogP contribution is -2.23. The van der Waals surface area contributed by atoms with Gasteiger partial charge in [-0.1, -0.05) is 137 Å². The van der Waals surface area contributed by atoms with Crippen molar-refractivity contribution in [2.45, 2.75) is 60.8 Å². The molecule has 0 fully saturated rings. The number of fused-ring (bicyclic) bond motifs is 4. The summed E-state index contributed by atoms with van der Waals surface area (Å²) in [6.45, 7) is 11.7. The Bertz CT molecular complexity index is 6290. The Balaban J connectivity index is 0.000000136. The molecule has 10 heterocycles. The van der Waals surface area contributed by atoms with Gasteiger partial charge in [-0.15, -0.1) is 45.3 Å². The molecule has 10 aromatic heterocycles. The highest BCUT2D eigenvalue weighted by atomic mass is 35.5. The zero-order valence-electron chi connectivity index (χ0n) is 64.1. The summed E-state index contributed by atoms with van der Waals surface area (Å²) in [6.07, 6.45) is 3.01. The lowest BCUT2D eigenvalue weighted by atomic mass is 10.1. The Hall–Kier alpha value is -11.8. The number of aromatic nitrogens is 6. The van der Waals surface area contributed by atoms with Gasteiger partial charge in [0.2, 0.25) is 11.8 Å². The molecule has 0 bridgehead atoms. The molecule has 6 aromatic carbocycles. The molecule has 16 aromatic rings. The van der Waals surface area contributed by atoms with E-state index in [1.165, 1.54) is 72.0 Å². The monoisotopic (exact) mass is 1740 g/mol. The van der Waals surface area contributed by atoms with Crippen LogP contribution in [0, 0.1) is 34.6 Å². The molecule has 0 saturated heterocycles. The summed E-state index contributed by atoms with van der Waals surface area (Å²) in [6, 6.07) is 60.5. The second-order valence-electron chi connectivity index (χ2n) is 26.9. The zero-order valence-corrected chi connectivity index (χ0v) is 71.1. The van der Waals surface area contributed by atoms with Gasteiger partial charge in [0.05, 0.1) is 61.2 Å². The maximum atomic E-state index is 13.1. The van der Waals surface area contributed by atoms with Crippen LogP contribution in [0.2, 0.25) is 24.4 Å². The van der Waals surface area contributed by atoms with E-state index in [0.29, 0.717) is 113 Å². The van der Waals surface area contributed by atoms with Crippen LogP contribution in [-0.4, -0.2) is 89.2 Å². The number of nitrogens with one attached hydrogen (secondary N) is 4. The first-order valence-electron chi connectivity index (χ1n) is 36.3. The van der Waals surface area contributed by atoms with Crippen molar-refractivity contribution in [3.8, 4) is 11.8 Å². The Kier molecular flexibility index (Phi) is 26.8. The summed E-state index contributed by atoms with van der Waals surface area (Å²) in [5.41, 5.74) is 13.9. The van der Waals surface area contributed by atoms with Crippen LogP contribution >= 0.6 is 103 Å². The molecule has 0 atom stereocenters. The largest absolute Gasteiger partial charge is 0.481 e. The normalized spacial score (nSPS) is 10.9. The molecule has 596 valence electrons. The topological polar surface area (TPSA) is 249 Å². The molecule has 16 rings (SSSR count). The number of carbonyl (C=O) groups is 8. The van der Waals surface area contributed by atoms with Gasteiger partial charge in [0, 0.05) is 127 Å². The average Bonchev–Trinajstić information content (AvgIpc) is 1.63. The number of anilines is 4. The number of ether oxygens (including phenoxy) is 2. The Morgan fingerprint density at radius 2 is 0.712 bits per heavy atom. The molecule has 0 aliphatic carbocycles. The highest BCUT2D eigenvalue weighted by molar-refractivity contribution is 7.22. The minimum Gasteiger partial charge on any atom is -0.481 e. The van der Waals surface area contributed by atoms with Crippen LogP contribution in [0.25, 0.3) is 40.9 Å². The average molecular weight is 1750 g/mol. The van der Waals surface area contributed by atoms with Crippen molar-refractivity contribution in [2.75, 3.05) is 35.5 Å². The molecule has 0 aliphatic rings. The number of nitrogens with zero attached hydrogens (tertiary/aromatic N) is 6.